The maximum absolute atomic E-state index is 11.7. The Labute approximate surface area is 143 Å². The van der Waals surface area contributed by atoms with Crippen LogP contribution in [0.4, 0.5) is 4.79 Å². The summed E-state index contributed by atoms with van der Waals surface area (Å²) in [6.07, 6.45) is 0.165. The lowest BCUT2D eigenvalue weighted by Crippen LogP contribution is -2.43. The van der Waals surface area contributed by atoms with Crippen LogP contribution in [0.5, 0.6) is 0 Å². The number of amides is 1. The number of carboxylic acid groups (broad SMARTS) is 1. The standard InChI is InChI=1S/C15H23N3O7/c1-9-17-25-13(22)11(19)18(9)8-6-5-7-10(12(20)21)16-14(23)24-15(2,3)4/h10H,5-8H2,1-4H3,(H,16,23)(H,20,21)/t10-/m0/s1. The van der Waals surface area contributed by atoms with E-state index in [1.165, 1.54) is 11.5 Å². The predicted molar refractivity (Wildman–Crippen MR) is 86.4 cm³/mol. The first-order chi connectivity index (χ1) is 11.5. The molecule has 1 aromatic rings. The Balaban J connectivity index is 2.56. The molecule has 0 aliphatic carbocycles. The molecule has 1 heterocycles. The molecule has 0 saturated heterocycles. The van der Waals surface area contributed by atoms with Gasteiger partial charge in [0.1, 0.15) is 17.5 Å². The van der Waals surface area contributed by atoms with Gasteiger partial charge in [0.25, 0.3) is 0 Å². The number of alkyl carbamates (subject to hydrolysis) is 1. The SMILES string of the molecule is Cc1noc(=O)c(=O)n1CCCC[C@H](NC(=O)OC(C)(C)C)C(=O)O. The molecular formula is C15H23N3O7. The number of carbonyl (C=O) groups excluding carboxylic acids is 1. The Morgan fingerprint density at radius 3 is 2.52 bits per heavy atom. The molecule has 10 nitrogen and oxygen atoms in total. The van der Waals surface area contributed by atoms with E-state index in [9.17, 15) is 24.3 Å². The second-order valence-electron chi connectivity index (χ2n) is 6.51. The lowest BCUT2D eigenvalue weighted by Gasteiger charge is -2.22. The smallest absolute Gasteiger partial charge is 0.423 e. The third kappa shape index (κ3) is 6.77. The number of hydrogen-bond donors (Lipinski definition) is 2. The molecule has 1 rings (SSSR count). The summed E-state index contributed by atoms with van der Waals surface area (Å²) in [5.41, 5.74) is -2.59. The highest BCUT2D eigenvalue weighted by molar-refractivity contribution is 5.79. The third-order valence-corrected chi connectivity index (χ3v) is 3.18. The van der Waals surface area contributed by atoms with E-state index < -0.39 is 34.9 Å². The van der Waals surface area contributed by atoms with Gasteiger partial charge in [0.2, 0.25) is 0 Å². The van der Waals surface area contributed by atoms with Gasteiger partial charge < -0.3 is 19.7 Å². The molecule has 1 atom stereocenters. The van der Waals surface area contributed by atoms with Crippen LogP contribution in [0.25, 0.3) is 0 Å². The average Bonchev–Trinajstić information content (AvgIpc) is 2.47. The molecule has 0 saturated carbocycles. The van der Waals surface area contributed by atoms with Crippen LogP contribution < -0.4 is 16.5 Å². The summed E-state index contributed by atoms with van der Waals surface area (Å²) in [4.78, 5) is 45.7. The number of aliphatic carboxylic acids is 1. The second-order valence-corrected chi connectivity index (χ2v) is 6.51. The number of aryl methyl sites for hydroxylation is 1. The van der Waals surface area contributed by atoms with Crippen LogP contribution in [0.1, 0.15) is 45.9 Å². The van der Waals surface area contributed by atoms with Crippen molar-refractivity contribution in [3.05, 3.63) is 26.6 Å². The Morgan fingerprint density at radius 1 is 1.32 bits per heavy atom. The monoisotopic (exact) mass is 357 g/mol. The van der Waals surface area contributed by atoms with E-state index in [1.807, 2.05) is 0 Å². The van der Waals surface area contributed by atoms with E-state index in [-0.39, 0.29) is 18.8 Å². The minimum Gasteiger partial charge on any atom is -0.480 e. The minimum atomic E-state index is -1.18. The first-order valence-electron chi connectivity index (χ1n) is 7.81. The zero-order valence-electron chi connectivity index (χ0n) is 14.7. The molecule has 25 heavy (non-hydrogen) atoms. The Morgan fingerprint density at radius 2 is 1.96 bits per heavy atom. The van der Waals surface area contributed by atoms with E-state index >= 15 is 0 Å². The summed E-state index contributed by atoms with van der Waals surface area (Å²) in [5.74, 6) is -0.924. The molecule has 0 fully saturated rings. The molecule has 0 spiro atoms. The third-order valence-electron chi connectivity index (χ3n) is 3.18. The number of unbranched alkanes of at least 4 members (excludes halogenated alkanes) is 1. The lowest BCUT2D eigenvalue weighted by atomic mass is 10.1. The number of carboxylic acids is 1. The summed E-state index contributed by atoms with van der Waals surface area (Å²) in [6, 6.07) is -1.10. The van der Waals surface area contributed by atoms with Crippen molar-refractivity contribution >= 4 is 12.1 Å². The van der Waals surface area contributed by atoms with Crippen molar-refractivity contribution in [3.8, 4) is 0 Å². The zero-order valence-corrected chi connectivity index (χ0v) is 14.7. The van der Waals surface area contributed by atoms with Crippen molar-refractivity contribution in [2.24, 2.45) is 0 Å². The van der Waals surface area contributed by atoms with Crippen molar-refractivity contribution < 1.29 is 24.0 Å². The van der Waals surface area contributed by atoms with Gasteiger partial charge >= 0.3 is 23.2 Å². The van der Waals surface area contributed by atoms with Crippen LogP contribution in [0, 0.1) is 6.92 Å². The molecule has 0 aliphatic rings. The van der Waals surface area contributed by atoms with Crippen LogP contribution in [-0.4, -0.2) is 38.5 Å². The van der Waals surface area contributed by atoms with Crippen molar-refractivity contribution in [1.29, 1.82) is 0 Å². The maximum atomic E-state index is 11.7. The van der Waals surface area contributed by atoms with Crippen LogP contribution in [0.2, 0.25) is 0 Å². The molecule has 0 bridgehead atoms. The molecule has 0 unspecified atom stereocenters. The summed E-state index contributed by atoms with van der Waals surface area (Å²) < 4.78 is 10.5. The van der Waals surface area contributed by atoms with E-state index in [1.54, 1.807) is 20.8 Å². The van der Waals surface area contributed by atoms with Gasteiger partial charge in [-0.2, -0.15) is 0 Å². The Bertz CT molecular complexity index is 730. The van der Waals surface area contributed by atoms with Crippen molar-refractivity contribution in [2.75, 3.05) is 0 Å². The van der Waals surface area contributed by atoms with E-state index in [4.69, 9.17) is 4.74 Å². The van der Waals surface area contributed by atoms with Gasteiger partial charge in [0.05, 0.1) is 0 Å². The van der Waals surface area contributed by atoms with E-state index in [2.05, 4.69) is 15.0 Å². The number of hydrogen-bond acceptors (Lipinski definition) is 7. The maximum Gasteiger partial charge on any atom is 0.423 e. The normalized spacial score (nSPS) is 12.5. The fourth-order valence-corrected chi connectivity index (χ4v) is 2.04. The highest BCUT2D eigenvalue weighted by Crippen LogP contribution is 2.08. The number of rotatable bonds is 7. The van der Waals surface area contributed by atoms with Crippen molar-refractivity contribution in [2.45, 2.75) is 65.1 Å². The molecule has 2 N–H and O–H groups in total. The average molecular weight is 357 g/mol. The van der Waals surface area contributed by atoms with Crippen LogP contribution in [0.15, 0.2) is 14.1 Å². The number of nitrogens with zero attached hydrogens (tertiary/aromatic N) is 2. The Hall–Kier alpha value is -2.65. The van der Waals surface area contributed by atoms with E-state index in [0.717, 1.165) is 0 Å². The molecule has 0 aromatic carbocycles. The van der Waals surface area contributed by atoms with Gasteiger partial charge in [-0.3, -0.25) is 9.36 Å². The predicted octanol–water partition coefficient (Wildman–Crippen LogP) is 0.653. The highest BCUT2D eigenvalue weighted by atomic mass is 16.6. The number of aromatic nitrogens is 2. The topological polar surface area (TPSA) is 141 Å². The van der Waals surface area contributed by atoms with Gasteiger partial charge in [-0.1, -0.05) is 5.16 Å². The Kier molecular flexibility index (Phi) is 6.89. The van der Waals surface area contributed by atoms with Crippen molar-refractivity contribution in [3.63, 3.8) is 0 Å². The van der Waals surface area contributed by atoms with Crippen molar-refractivity contribution in [1.82, 2.24) is 15.0 Å². The van der Waals surface area contributed by atoms with Gasteiger partial charge in [-0.25, -0.2) is 14.4 Å². The first kappa shape index (κ1) is 20.4. The number of ether oxygens (including phenoxy) is 1. The molecule has 0 radical (unpaired) electrons. The van der Waals surface area contributed by atoms with Gasteiger partial charge in [-0.15, -0.1) is 0 Å². The first-order valence-corrected chi connectivity index (χ1v) is 7.81. The van der Waals surface area contributed by atoms with Crippen LogP contribution in [0.3, 0.4) is 0 Å². The summed E-state index contributed by atoms with van der Waals surface area (Å²) in [7, 11) is 0. The van der Waals surface area contributed by atoms with Gasteiger partial charge in [0, 0.05) is 6.54 Å². The van der Waals surface area contributed by atoms with Crippen LogP contribution in [-0.2, 0) is 16.1 Å². The molecule has 1 aromatic heterocycles. The summed E-state index contributed by atoms with van der Waals surface area (Å²) in [6.45, 7) is 6.74. The molecule has 10 heteroatoms. The fraction of sp³-hybridized carbons (Fsp3) is 0.667. The lowest BCUT2D eigenvalue weighted by molar-refractivity contribution is -0.139. The van der Waals surface area contributed by atoms with Crippen LogP contribution >= 0.6 is 0 Å². The summed E-state index contributed by atoms with van der Waals surface area (Å²) >= 11 is 0. The van der Waals surface area contributed by atoms with Gasteiger partial charge in [-0.05, 0) is 47.0 Å². The molecule has 140 valence electrons. The van der Waals surface area contributed by atoms with Gasteiger partial charge in [0.15, 0.2) is 0 Å². The molecule has 1 amide bonds. The second kappa shape index (κ2) is 8.45. The number of nitrogens with one attached hydrogen (secondary N) is 1. The molecular weight excluding hydrogens is 334 g/mol. The van der Waals surface area contributed by atoms with E-state index in [0.29, 0.717) is 12.8 Å². The number of carbonyl (C=O) groups is 2. The summed E-state index contributed by atoms with van der Waals surface area (Å²) in [5, 5.41) is 14.9. The minimum absolute atomic E-state index is 0.150. The molecule has 0 aliphatic heterocycles. The quantitative estimate of drug-likeness (QED) is 0.535. The fourth-order valence-electron chi connectivity index (χ4n) is 2.04. The zero-order chi connectivity index (χ0) is 19.2. The highest BCUT2D eigenvalue weighted by Gasteiger charge is 2.23. The largest absolute Gasteiger partial charge is 0.480 e.